The van der Waals surface area contributed by atoms with Gasteiger partial charge in [0.2, 0.25) is 5.95 Å². The zero-order chi connectivity index (χ0) is 14.6. The molecule has 0 aliphatic heterocycles. The molecule has 110 valence electrons. The maximum absolute atomic E-state index is 5.71. The molecule has 0 aliphatic carbocycles. The van der Waals surface area contributed by atoms with Crippen LogP contribution in [0.2, 0.25) is 0 Å². The van der Waals surface area contributed by atoms with E-state index in [1.807, 2.05) is 0 Å². The standard InChI is InChI=1S/C14H24N6/c1-4-5-6-7-14(2,3)8-16-11-10-12(18-9-17-10)20-13(15)19-11/h9H,4-8H2,1-3H3,(H4,15,16,17,18,19,20). The highest BCUT2D eigenvalue weighted by molar-refractivity contribution is 5.83. The zero-order valence-electron chi connectivity index (χ0n) is 12.5. The number of hydrogen-bond donors (Lipinski definition) is 3. The van der Waals surface area contributed by atoms with Crippen LogP contribution in [-0.2, 0) is 0 Å². The molecule has 0 radical (unpaired) electrons. The molecule has 0 bridgehead atoms. The summed E-state index contributed by atoms with van der Waals surface area (Å²) in [7, 11) is 0. The van der Waals surface area contributed by atoms with Gasteiger partial charge in [-0.05, 0) is 11.8 Å². The van der Waals surface area contributed by atoms with E-state index in [0.29, 0.717) is 5.65 Å². The van der Waals surface area contributed by atoms with Gasteiger partial charge in [-0.2, -0.15) is 9.97 Å². The second kappa shape index (κ2) is 6.07. The molecular weight excluding hydrogens is 252 g/mol. The zero-order valence-corrected chi connectivity index (χ0v) is 12.5. The van der Waals surface area contributed by atoms with Crippen molar-refractivity contribution in [3.8, 4) is 0 Å². The molecule has 0 aliphatic rings. The summed E-state index contributed by atoms with van der Waals surface area (Å²) in [6.07, 6.45) is 6.60. The molecule has 0 saturated carbocycles. The first-order valence-corrected chi connectivity index (χ1v) is 7.22. The number of hydrogen-bond acceptors (Lipinski definition) is 5. The Morgan fingerprint density at radius 3 is 2.85 bits per heavy atom. The smallest absolute Gasteiger partial charge is 0.224 e. The van der Waals surface area contributed by atoms with E-state index >= 15 is 0 Å². The van der Waals surface area contributed by atoms with Crippen molar-refractivity contribution in [1.29, 1.82) is 0 Å². The van der Waals surface area contributed by atoms with Gasteiger partial charge >= 0.3 is 0 Å². The molecule has 0 amide bonds. The molecule has 2 rings (SSSR count). The number of nitrogen functional groups attached to an aromatic ring is 1. The van der Waals surface area contributed by atoms with Gasteiger partial charge in [0, 0.05) is 6.54 Å². The van der Waals surface area contributed by atoms with Crippen molar-refractivity contribution < 1.29 is 0 Å². The summed E-state index contributed by atoms with van der Waals surface area (Å²) in [6.45, 7) is 7.61. The maximum atomic E-state index is 5.71. The Hall–Kier alpha value is -1.85. The normalized spacial score (nSPS) is 11.9. The van der Waals surface area contributed by atoms with Crippen molar-refractivity contribution in [3.05, 3.63) is 6.33 Å². The van der Waals surface area contributed by atoms with Crippen LogP contribution in [0.15, 0.2) is 6.33 Å². The van der Waals surface area contributed by atoms with Crippen molar-refractivity contribution >= 4 is 22.9 Å². The van der Waals surface area contributed by atoms with Gasteiger partial charge < -0.3 is 16.0 Å². The Kier molecular flexibility index (Phi) is 4.42. The van der Waals surface area contributed by atoms with E-state index in [1.54, 1.807) is 6.33 Å². The minimum absolute atomic E-state index is 0.223. The number of H-pyrrole nitrogens is 1. The summed E-state index contributed by atoms with van der Waals surface area (Å²) in [6, 6.07) is 0. The van der Waals surface area contributed by atoms with Crippen LogP contribution in [-0.4, -0.2) is 26.5 Å². The monoisotopic (exact) mass is 276 g/mol. The highest BCUT2D eigenvalue weighted by atomic mass is 15.1. The second-order valence-electron chi connectivity index (χ2n) is 6.01. The van der Waals surface area contributed by atoms with Crippen LogP contribution in [0.1, 0.15) is 46.5 Å². The molecular formula is C14H24N6. The van der Waals surface area contributed by atoms with Crippen molar-refractivity contribution in [2.75, 3.05) is 17.6 Å². The maximum Gasteiger partial charge on any atom is 0.224 e. The number of nitrogens with zero attached hydrogens (tertiary/aromatic N) is 3. The summed E-state index contributed by atoms with van der Waals surface area (Å²) in [5.41, 5.74) is 7.34. The lowest BCUT2D eigenvalue weighted by molar-refractivity contribution is 0.342. The summed E-state index contributed by atoms with van der Waals surface area (Å²) in [5, 5.41) is 3.38. The molecule has 0 spiro atoms. The predicted molar refractivity (Wildman–Crippen MR) is 82.5 cm³/mol. The van der Waals surface area contributed by atoms with Gasteiger partial charge in [0.05, 0.1) is 6.33 Å². The molecule has 0 unspecified atom stereocenters. The van der Waals surface area contributed by atoms with E-state index in [1.165, 1.54) is 25.7 Å². The van der Waals surface area contributed by atoms with Gasteiger partial charge in [-0.3, -0.25) is 0 Å². The Balaban J connectivity index is 2.03. The summed E-state index contributed by atoms with van der Waals surface area (Å²) in [5.74, 6) is 0.976. The molecule has 20 heavy (non-hydrogen) atoms. The molecule has 0 fully saturated rings. The number of anilines is 2. The first-order chi connectivity index (χ1) is 9.52. The minimum Gasteiger partial charge on any atom is -0.368 e. The number of unbranched alkanes of at least 4 members (excludes halogenated alkanes) is 2. The number of imidazole rings is 1. The fourth-order valence-corrected chi connectivity index (χ4v) is 2.24. The third kappa shape index (κ3) is 3.59. The average molecular weight is 276 g/mol. The van der Waals surface area contributed by atoms with Crippen molar-refractivity contribution in [3.63, 3.8) is 0 Å². The molecule has 0 atom stereocenters. The Morgan fingerprint density at radius 2 is 2.10 bits per heavy atom. The number of aromatic amines is 1. The predicted octanol–water partition coefficient (Wildman–Crippen LogP) is 2.95. The minimum atomic E-state index is 0.223. The molecule has 2 aromatic rings. The summed E-state index contributed by atoms with van der Waals surface area (Å²) < 4.78 is 0. The molecule has 0 saturated heterocycles. The molecule has 2 aromatic heterocycles. The van der Waals surface area contributed by atoms with E-state index in [-0.39, 0.29) is 11.4 Å². The summed E-state index contributed by atoms with van der Waals surface area (Å²) >= 11 is 0. The van der Waals surface area contributed by atoms with E-state index in [9.17, 15) is 0 Å². The van der Waals surface area contributed by atoms with Gasteiger partial charge in [0.25, 0.3) is 0 Å². The fraction of sp³-hybridized carbons (Fsp3) is 0.643. The highest BCUT2D eigenvalue weighted by Crippen LogP contribution is 2.25. The first kappa shape index (κ1) is 14.6. The second-order valence-corrected chi connectivity index (χ2v) is 6.01. The van der Waals surface area contributed by atoms with Gasteiger partial charge in [0.1, 0.15) is 5.52 Å². The number of aromatic nitrogens is 4. The van der Waals surface area contributed by atoms with Gasteiger partial charge in [-0.1, -0.05) is 40.0 Å². The van der Waals surface area contributed by atoms with Gasteiger partial charge in [0.15, 0.2) is 11.5 Å². The largest absolute Gasteiger partial charge is 0.368 e. The van der Waals surface area contributed by atoms with E-state index in [4.69, 9.17) is 5.73 Å². The lowest BCUT2D eigenvalue weighted by Crippen LogP contribution is -2.23. The highest BCUT2D eigenvalue weighted by Gasteiger charge is 2.18. The van der Waals surface area contributed by atoms with Crippen LogP contribution in [0.5, 0.6) is 0 Å². The quantitative estimate of drug-likeness (QED) is 0.676. The lowest BCUT2D eigenvalue weighted by atomic mass is 9.87. The third-order valence-corrected chi connectivity index (χ3v) is 3.49. The Bertz CT molecular complexity index is 560. The van der Waals surface area contributed by atoms with Crippen LogP contribution in [0.3, 0.4) is 0 Å². The van der Waals surface area contributed by atoms with Crippen LogP contribution >= 0.6 is 0 Å². The van der Waals surface area contributed by atoms with Crippen molar-refractivity contribution in [1.82, 2.24) is 19.9 Å². The molecule has 2 heterocycles. The van der Waals surface area contributed by atoms with E-state index < -0.39 is 0 Å². The SMILES string of the molecule is CCCCCC(C)(C)CNc1nc(N)nc2nc[nH]c12. The van der Waals surface area contributed by atoms with Crippen molar-refractivity contribution in [2.24, 2.45) is 5.41 Å². The molecule has 4 N–H and O–H groups in total. The van der Waals surface area contributed by atoms with Crippen molar-refractivity contribution in [2.45, 2.75) is 46.5 Å². The number of rotatable bonds is 7. The fourth-order valence-electron chi connectivity index (χ4n) is 2.24. The average Bonchev–Trinajstić information content (AvgIpc) is 2.84. The number of nitrogens with one attached hydrogen (secondary N) is 2. The van der Waals surface area contributed by atoms with Crippen LogP contribution in [0, 0.1) is 5.41 Å². The summed E-state index contributed by atoms with van der Waals surface area (Å²) in [4.78, 5) is 15.5. The Labute approximate surface area is 119 Å². The van der Waals surface area contributed by atoms with E-state index in [2.05, 4.69) is 46.0 Å². The van der Waals surface area contributed by atoms with Crippen LogP contribution in [0.25, 0.3) is 11.2 Å². The van der Waals surface area contributed by atoms with Crippen LogP contribution in [0.4, 0.5) is 11.8 Å². The Morgan fingerprint density at radius 1 is 1.30 bits per heavy atom. The number of fused-ring (bicyclic) bond motifs is 1. The molecule has 6 nitrogen and oxygen atoms in total. The molecule has 6 heteroatoms. The lowest BCUT2D eigenvalue weighted by Gasteiger charge is -2.25. The molecule has 0 aromatic carbocycles. The van der Waals surface area contributed by atoms with Gasteiger partial charge in [-0.25, -0.2) is 4.98 Å². The third-order valence-electron chi connectivity index (χ3n) is 3.49. The van der Waals surface area contributed by atoms with E-state index in [0.717, 1.165) is 17.9 Å². The topological polar surface area (TPSA) is 92.5 Å². The number of nitrogens with two attached hydrogens (primary N) is 1. The van der Waals surface area contributed by atoms with Gasteiger partial charge in [-0.15, -0.1) is 0 Å². The van der Waals surface area contributed by atoms with Crippen LogP contribution < -0.4 is 11.1 Å². The first-order valence-electron chi connectivity index (χ1n) is 7.22.